The van der Waals surface area contributed by atoms with Gasteiger partial charge in [-0.15, -0.1) is 0 Å². The predicted octanol–water partition coefficient (Wildman–Crippen LogP) is 2.46. The molecule has 1 fully saturated rings. The average molecular weight is 261 g/mol. The number of nitrogens with one attached hydrogen (secondary N) is 1. The van der Waals surface area contributed by atoms with Crippen LogP contribution in [0.25, 0.3) is 0 Å². The Kier molecular flexibility index (Phi) is 4.08. The molecular formula is C15H23N3O. The summed E-state index contributed by atoms with van der Waals surface area (Å²) in [5.41, 5.74) is 0.972. The van der Waals surface area contributed by atoms with Crippen molar-refractivity contribution in [2.75, 3.05) is 24.5 Å². The Labute approximate surface area is 115 Å². The number of anilines is 1. The molecule has 0 bridgehead atoms. The monoisotopic (exact) mass is 261 g/mol. The molecule has 0 radical (unpaired) electrons. The van der Waals surface area contributed by atoms with E-state index in [0.717, 1.165) is 18.9 Å². The Balaban J connectivity index is 2.08. The summed E-state index contributed by atoms with van der Waals surface area (Å²) in [5, 5.41) is 2.78. The molecule has 0 unspecified atom stereocenters. The van der Waals surface area contributed by atoms with Crippen molar-refractivity contribution in [2.24, 2.45) is 5.41 Å². The maximum absolute atomic E-state index is 11.7. The van der Waals surface area contributed by atoms with Gasteiger partial charge in [0.15, 0.2) is 0 Å². The van der Waals surface area contributed by atoms with Crippen LogP contribution in [0, 0.1) is 5.41 Å². The predicted molar refractivity (Wildman–Crippen MR) is 77.5 cm³/mol. The second-order valence-electron chi connectivity index (χ2n) is 5.95. The third-order valence-corrected chi connectivity index (χ3v) is 3.57. The zero-order valence-corrected chi connectivity index (χ0v) is 12.1. The van der Waals surface area contributed by atoms with E-state index < -0.39 is 0 Å². The minimum atomic E-state index is -0.0551. The highest BCUT2D eigenvalue weighted by Gasteiger charge is 2.26. The van der Waals surface area contributed by atoms with E-state index in [-0.39, 0.29) is 5.91 Å². The highest BCUT2D eigenvalue weighted by molar-refractivity contribution is 5.93. The summed E-state index contributed by atoms with van der Waals surface area (Å²) in [4.78, 5) is 18.4. The molecule has 0 aromatic carbocycles. The number of hydrogen-bond donors (Lipinski definition) is 1. The van der Waals surface area contributed by atoms with Crippen molar-refractivity contribution in [1.82, 2.24) is 10.3 Å². The largest absolute Gasteiger partial charge is 0.356 e. The molecule has 1 aromatic rings. The van der Waals surface area contributed by atoms with Gasteiger partial charge in [0.05, 0.1) is 5.56 Å². The standard InChI is InChI=1S/C15H23N3O/c1-4-16-14(19)12-6-7-13(17-10-12)18-9-5-8-15(2,3)11-18/h6-7,10H,4-5,8-9,11H2,1-3H3,(H,16,19). The summed E-state index contributed by atoms with van der Waals surface area (Å²) in [6.07, 6.45) is 4.13. The molecule has 0 aliphatic carbocycles. The quantitative estimate of drug-likeness (QED) is 0.909. The first-order valence-electron chi connectivity index (χ1n) is 7.01. The van der Waals surface area contributed by atoms with E-state index in [0.29, 0.717) is 17.5 Å². The number of nitrogens with zero attached hydrogens (tertiary/aromatic N) is 2. The molecule has 104 valence electrons. The molecule has 4 nitrogen and oxygen atoms in total. The fraction of sp³-hybridized carbons (Fsp3) is 0.600. The van der Waals surface area contributed by atoms with Crippen molar-refractivity contribution >= 4 is 11.7 Å². The Morgan fingerprint density at radius 3 is 2.84 bits per heavy atom. The van der Waals surface area contributed by atoms with Gasteiger partial charge in [0.2, 0.25) is 0 Å². The van der Waals surface area contributed by atoms with Crippen LogP contribution in [0.3, 0.4) is 0 Å². The third kappa shape index (κ3) is 3.46. The maximum Gasteiger partial charge on any atom is 0.252 e. The zero-order chi connectivity index (χ0) is 13.9. The molecule has 19 heavy (non-hydrogen) atoms. The smallest absolute Gasteiger partial charge is 0.252 e. The number of amides is 1. The van der Waals surface area contributed by atoms with Crippen molar-refractivity contribution in [3.63, 3.8) is 0 Å². The fourth-order valence-electron chi connectivity index (χ4n) is 2.59. The van der Waals surface area contributed by atoms with Gasteiger partial charge in [-0.05, 0) is 37.3 Å². The highest BCUT2D eigenvalue weighted by Crippen LogP contribution is 2.30. The molecule has 1 saturated heterocycles. The van der Waals surface area contributed by atoms with Crippen LogP contribution < -0.4 is 10.2 Å². The minimum absolute atomic E-state index is 0.0551. The summed E-state index contributed by atoms with van der Waals surface area (Å²) in [6, 6.07) is 3.81. The topological polar surface area (TPSA) is 45.2 Å². The van der Waals surface area contributed by atoms with Gasteiger partial charge in [0, 0.05) is 25.8 Å². The number of aromatic nitrogens is 1. The van der Waals surface area contributed by atoms with Crippen molar-refractivity contribution in [3.05, 3.63) is 23.9 Å². The van der Waals surface area contributed by atoms with Crippen LogP contribution in [0.5, 0.6) is 0 Å². The molecule has 1 aromatic heterocycles. The first-order valence-corrected chi connectivity index (χ1v) is 7.01. The molecule has 2 rings (SSSR count). The first kappa shape index (κ1) is 13.8. The Morgan fingerprint density at radius 2 is 2.26 bits per heavy atom. The SMILES string of the molecule is CCNC(=O)c1ccc(N2CCCC(C)(C)C2)nc1. The summed E-state index contributed by atoms with van der Waals surface area (Å²) >= 11 is 0. The second-order valence-corrected chi connectivity index (χ2v) is 5.95. The maximum atomic E-state index is 11.7. The Hall–Kier alpha value is -1.58. The number of pyridine rings is 1. The number of rotatable bonds is 3. The normalized spacial score (nSPS) is 18.2. The summed E-state index contributed by atoms with van der Waals surface area (Å²) < 4.78 is 0. The second kappa shape index (κ2) is 5.59. The molecule has 0 saturated carbocycles. The van der Waals surface area contributed by atoms with Crippen molar-refractivity contribution in [3.8, 4) is 0 Å². The van der Waals surface area contributed by atoms with Crippen LogP contribution in [-0.4, -0.2) is 30.5 Å². The summed E-state index contributed by atoms with van der Waals surface area (Å²) in [7, 11) is 0. The molecule has 1 aliphatic rings. The van der Waals surface area contributed by atoms with Gasteiger partial charge in [0.1, 0.15) is 5.82 Å². The van der Waals surface area contributed by atoms with E-state index in [1.54, 1.807) is 6.20 Å². The van der Waals surface area contributed by atoms with Crippen LogP contribution in [0.4, 0.5) is 5.82 Å². The molecule has 1 N–H and O–H groups in total. The van der Waals surface area contributed by atoms with Gasteiger partial charge in [0.25, 0.3) is 5.91 Å². The zero-order valence-electron chi connectivity index (χ0n) is 12.1. The molecule has 2 heterocycles. The van der Waals surface area contributed by atoms with Crippen LogP contribution in [0.2, 0.25) is 0 Å². The van der Waals surface area contributed by atoms with Gasteiger partial charge in [-0.2, -0.15) is 0 Å². The van der Waals surface area contributed by atoms with Crippen LogP contribution in [0.15, 0.2) is 18.3 Å². The van der Waals surface area contributed by atoms with Gasteiger partial charge in [-0.3, -0.25) is 4.79 Å². The lowest BCUT2D eigenvalue weighted by molar-refractivity contribution is 0.0955. The van der Waals surface area contributed by atoms with Gasteiger partial charge in [-0.25, -0.2) is 4.98 Å². The Morgan fingerprint density at radius 1 is 1.47 bits per heavy atom. The lowest BCUT2D eigenvalue weighted by Crippen LogP contribution is -2.40. The van der Waals surface area contributed by atoms with Crippen LogP contribution in [-0.2, 0) is 0 Å². The third-order valence-electron chi connectivity index (χ3n) is 3.57. The number of carbonyl (C=O) groups is 1. The number of carbonyl (C=O) groups excluding carboxylic acids is 1. The van der Waals surface area contributed by atoms with Crippen molar-refractivity contribution in [2.45, 2.75) is 33.6 Å². The lowest BCUT2D eigenvalue weighted by atomic mass is 9.84. The lowest BCUT2D eigenvalue weighted by Gasteiger charge is -2.38. The fourth-order valence-corrected chi connectivity index (χ4v) is 2.59. The van der Waals surface area contributed by atoms with Gasteiger partial charge >= 0.3 is 0 Å². The summed E-state index contributed by atoms with van der Waals surface area (Å²) in [6.45, 7) is 9.22. The van der Waals surface area contributed by atoms with E-state index in [2.05, 4.69) is 29.0 Å². The molecule has 1 aliphatic heterocycles. The molecule has 0 atom stereocenters. The molecule has 0 spiro atoms. The first-order chi connectivity index (χ1) is 9.02. The Bertz CT molecular complexity index is 439. The molecular weight excluding hydrogens is 238 g/mol. The number of piperidine rings is 1. The van der Waals surface area contributed by atoms with E-state index in [9.17, 15) is 4.79 Å². The molecule has 1 amide bonds. The molecule has 4 heteroatoms. The van der Waals surface area contributed by atoms with E-state index in [1.807, 2.05) is 19.1 Å². The van der Waals surface area contributed by atoms with Gasteiger partial charge in [-0.1, -0.05) is 13.8 Å². The minimum Gasteiger partial charge on any atom is -0.356 e. The number of hydrogen-bond acceptors (Lipinski definition) is 3. The van der Waals surface area contributed by atoms with Crippen LogP contribution in [0.1, 0.15) is 44.0 Å². The van der Waals surface area contributed by atoms with Crippen LogP contribution >= 0.6 is 0 Å². The average Bonchev–Trinajstić information content (AvgIpc) is 2.38. The van der Waals surface area contributed by atoms with E-state index in [1.165, 1.54) is 12.8 Å². The van der Waals surface area contributed by atoms with E-state index >= 15 is 0 Å². The highest BCUT2D eigenvalue weighted by atomic mass is 16.1. The van der Waals surface area contributed by atoms with E-state index in [4.69, 9.17) is 0 Å². The summed E-state index contributed by atoms with van der Waals surface area (Å²) in [5.74, 6) is 0.918. The van der Waals surface area contributed by atoms with Crippen molar-refractivity contribution in [1.29, 1.82) is 0 Å². The van der Waals surface area contributed by atoms with Crippen molar-refractivity contribution < 1.29 is 4.79 Å². The van der Waals surface area contributed by atoms with Gasteiger partial charge < -0.3 is 10.2 Å².